The van der Waals surface area contributed by atoms with Crippen LogP contribution in [0.15, 0.2) is 0 Å². The number of phosphoric acid groups is 1. The van der Waals surface area contributed by atoms with Gasteiger partial charge in [0.1, 0.15) is 0 Å². The molecule has 0 saturated carbocycles. The van der Waals surface area contributed by atoms with Crippen LogP contribution >= 0.6 is 7.82 Å². The van der Waals surface area contributed by atoms with E-state index in [1.54, 1.807) is 0 Å². The molecular formula is C10H26NO5P. The van der Waals surface area contributed by atoms with Gasteiger partial charge in [-0.05, 0) is 12.8 Å². The summed E-state index contributed by atoms with van der Waals surface area (Å²) in [5.41, 5.74) is 4.78. The zero-order chi connectivity index (χ0) is 13.6. The predicted octanol–water partition coefficient (Wildman–Crippen LogP) is 1.66. The average Bonchev–Trinajstić information content (AvgIpc) is 2.30. The van der Waals surface area contributed by atoms with Gasteiger partial charge in [0.25, 0.3) is 0 Å². The molecule has 7 heteroatoms. The molecule has 0 radical (unpaired) electrons. The van der Waals surface area contributed by atoms with Crippen molar-refractivity contribution in [3.63, 3.8) is 0 Å². The van der Waals surface area contributed by atoms with Crippen LogP contribution in [0, 0.1) is 0 Å². The first-order valence-corrected chi connectivity index (χ1v) is 7.46. The molecule has 4 N–H and O–H groups in total. The Hall–Kier alpha value is 0.0300. The summed E-state index contributed by atoms with van der Waals surface area (Å²) in [6, 6.07) is 0. The highest BCUT2D eigenvalue weighted by Gasteiger charge is 2.19. The monoisotopic (exact) mass is 271 g/mol. The Balaban J connectivity index is 0. The van der Waals surface area contributed by atoms with E-state index in [2.05, 4.69) is 0 Å². The Morgan fingerprint density at radius 3 is 1.71 bits per heavy atom. The highest BCUT2D eigenvalue weighted by molar-refractivity contribution is 7.47. The van der Waals surface area contributed by atoms with Gasteiger partial charge in [-0.15, -0.1) is 0 Å². The Morgan fingerprint density at radius 2 is 1.47 bits per heavy atom. The zero-order valence-electron chi connectivity index (χ0n) is 10.8. The molecule has 0 rings (SSSR count). The van der Waals surface area contributed by atoms with Crippen molar-refractivity contribution in [2.75, 3.05) is 26.4 Å². The average molecular weight is 271 g/mol. The Labute approximate surface area is 104 Å². The quantitative estimate of drug-likeness (QED) is 0.435. The van der Waals surface area contributed by atoms with E-state index in [9.17, 15) is 4.57 Å². The molecule has 0 aromatic carbocycles. The van der Waals surface area contributed by atoms with Crippen LogP contribution in [0.1, 0.15) is 39.5 Å². The SMILES string of the molecule is CCCCOP(=O)(O)OCCCC.NCCO. The van der Waals surface area contributed by atoms with E-state index >= 15 is 0 Å². The minimum atomic E-state index is -3.75. The molecule has 6 nitrogen and oxygen atoms in total. The highest BCUT2D eigenvalue weighted by Crippen LogP contribution is 2.43. The van der Waals surface area contributed by atoms with Gasteiger partial charge in [-0.2, -0.15) is 0 Å². The lowest BCUT2D eigenvalue weighted by Crippen LogP contribution is -2.02. The Kier molecular flexibility index (Phi) is 16.1. The van der Waals surface area contributed by atoms with Gasteiger partial charge in [0.2, 0.25) is 0 Å². The van der Waals surface area contributed by atoms with E-state index in [1.165, 1.54) is 0 Å². The Morgan fingerprint density at radius 1 is 1.12 bits per heavy atom. The summed E-state index contributed by atoms with van der Waals surface area (Å²) in [6.07, 6.45) is 3.44. The topological polar surface area (TPSA) is 102 Å². The van der Waals surface area contributed by atoms with Gasteiger partial charge in [-0.3, -0.25) is 9.05 Å². The minimum Gasteiger partial charge on any atom is -0.395 e. The predicted molar refractivity (Wildman–Crippen MR) is 67.7 cm³/mol. The largest absolute Gasteiger partial charge is 0.472 e. The number of hydrogen-bond donors (Lipinski definition) is 3. The van der Waals surface area contributed by atoms with Crippen molar-refractivity contribution in [1.82, 2.24) is 0 Å². The number of unbranched alkanes of at least 4 members (excludes halogenated alkanes) is 2. The third-order valence-corrected chi connectivity index (χ3v) is 2.65. The second-order valence-electron chi connectivity index (χ2n) is 3.35. The van der Waals surface area contributed by atoms with Crippen LogP contribution in [0.4, 0.5) is 0 Å². The maximum atomic E-state index is 11.1. The second kappa shape index (κ2) is 14.1. The minimum absolute atomic E-state index is 0.0972. The third kappa shape index (κ3) is 18.6. The molecule has 0 atom stereocenters. The zero-order valence-corrected chi connectivity index (χ0v) is 11.7. The molecule has 0 saturated heterocycles. The van der Waals surface area contributed by atoms with Gasteiger partial charge < -0.3 is 15.7 Å². The van der Waals surface area contributed by atoms with Gasteiger partial charge in [-0.1, -0.05) is 26.7 Å². The number of rotatable bonds is 9. The van der Waals surface area contributed by atoms with Crippen molar-refractivity contribution in [3.05, 3.63) is 0 Å². The summed E-state index contributed by atoms with van der Waals surface area (Å²) < 4.78 is 20.5. The number of aliphatic hydroxyl groups excluding tert-OH is 1. The molecule has 17 heavy (non-hydrogen) atoms. The van der Waals surface area contributed by atoms with Gasteiger partial charge in [0.15, 0.2) is 0 Å². The summed E-state index contributed by atoms with van der Waals surface area (Å²) in [5, 5.41) is 7.75. The standard InChI is InChI=1S/C8H19O4P.C2H7NO/c1-3-5-7-11-13(9,10)12-8-6-4-2;3-1-2-4/h3-8H2,1-2H3,(H,9,10);4H,1-3H2. The highest BCUT2D eigenvalue weighted by atomic mass is 31.2. The second-order valence-corrected chi connectivity index (χ2v) is 4.81. The lowest BCUT2D eigenvalue weighted by atomic mass is 10.4. The fourth-order valence-corrected chi connectivity index (χ4v) is 1.48. The molecule has 0 aromatic rings. The van der Waals surface area contributed by atoms with Crippen LogP contribution in [0.5, 0.6) is 0 Å². The third-order valence-electron chi connectivity index (χ3n) is 1.63. The summed E-state index contributed by atoms with van der Waals surface area (Å²) in [5.74, 6) is 0. The molecule has 0 amide bonds. The molecule has 106 valence electrons. The Bertz CT molecular complexity index is 176. The number of phosphoric ester groups is 1. The van der Waals surface area contributed by atoms with E-state index in [4.69, 9.17) is 24.8 Å². The molecule has 0 spiro atoms. The summed E-state index contributed by atoms with van der Waals surface area (Å²) in [7, 11) is -3.75. The molecule has 0 aliphatic carbocycles. The van der Waals surface area contributed by atoms with Crippen LogP contribution in [-0.4, -0.2) is 36.4 Å². The molecular weight excluding hydrogens is 245 g/mol. The number of aliphatic hydroxyl groups is 1. The maximum absolute atomic E-state index is 11.1. The van der Waals surface area contributed by atoms with E-state index < -0.39 is 7.82 Å². The molecule has 0 fully saturated rings. The van der Waals surface area contributed by atoms with Crippen LogP contribution in [0.2, 0.25) is 0 Å². The van der Waals surface area contributed by atoms with E-state index in [1.807, 2.05) is 13.8 Å². The van der Waals surface area contributed by atoms with Crippen molar-refractivity contribution in [1.29, 1.82) is 0 Å². The number of hydrogen-bond acceptors (Lipinski definition) is 5. The van der Waals surface area contributed by atoms with Crippen molar-refractivity contribution in [2.24, 2.45) is 5.73 Å². The lowest BCUT2D eigenvalue weighted by Gasteiger charge is -2.10. The fourth-order valence-electron chi connectivity index (χ4n) is 0.686. The lowest BCUT2D eigenvalue weighted by molar-refractivity contribution is 0.146. The van der Waals surface area contributed by atoms with Gasteiger partial charge in [-0.25, -0.2) is 4.57 Å². The molecule has 0 heterocycles. The fraction of sp³-hybridized carbons (Fsp3) is 1.00. The van der Waals surface area contributed by atoms with Crippen LogP contribution in [-0.2, 0) is 13.6 Å². The smallest absolute Gasteiger partial charge is 0.395 e. The maximum Gasteiger partial charge on any atom is 0.472 e. The van der Waals surface area contributed by atoms with E-state index in [-0.39, 0.29) is 19.8 Å². The molecule has 0 aliphatic rings. The van der Waals surface area contributed by atoms with E-state index in [0.717, 1.165) is 25.7 Å². The van der Waals surface area contributed by atoms with Crippen molar-refractivity contribution < 1.29 is 23.6 Å². The van der Waals surface area contributed by atoms with Crippen LogP contribution < -0.4 is 5.73 Å². The van der Waals surface area contributed by atoms with Gasteiger partial charge in [0.05, 0.1) is 19.8 Å². The van der Waals surface area contributed by atoms with Crippen molar-refractivity contribution >= 4 is 7.82 Å². The summed E-state index contributed by atoms with van der Waals surface area (Å²) in [4.78, 5) is 9.08. The first kappa shape index (κ1) is 19.4. The van der Waals surface area contributed by atoms with E-state index in [0.29, 0.717) is 6.54 Å². The normalized spacial score (nSPS) is 10.9. The molecule has 0 aliphatic heterocycles. The van der Waals surface area contributed by atoms with Gasteiger partial charge >= 0.3 is 7.82 Å². The van der Waals surface area contributed by atoms with Gasteiger partial charge in [0, 0.05) is 6.54 Å². The molecule has 0 unspecified atom stereocenters. The summed E-state index contributed by atoms with van der Waals surface area (Å²) >= 11 is 0. The number of nitrogens with two attached hydrogens (primary N) is 1. The molecule has 0 bridgehead atoms. The van der Waals surface area contributed by atoms with Crippen LogP contribution in [0.3, 0.4) is 0 Å². The van der Waals surface area contributed by atoms with Crippen LogP contribution in [0.25, 0.3) is 0 Å². The summed E-state index contributed by atoms with van der Waals surface area (Å²) in [6.45, 7) is 5.03. The first-order chi connectivity index (χ1) is 8.04. The van der Waals surface area contributed by atoms with Crippen molar-refractivity contribution in [2.45, 2.75) is 39.5 Å². The molecule has 0 aromatic heterocycles. The first-order valence-electron chi connectivity index (χ1n) is 5.96. The van der Waals surface area contributed by atoms with Crippen molar-refractivity contribution in [3.8, 4) is 0 Å².